The number of hydrogen-bond acceptors (Lipinski definition) is 2. The van der Waals surface area contributed by atoms with Crippen LogP contribution >= 0.6 is 15.9 Å². The summed E-state index contributed by atoms with van der Waals surface area (Å²) in [7, 11) is 0. The van der Waals surface area contributed by atoms with Crippen molar-refractivity contribution in [2.24, 2.45) is 0 Å². The van der Waals surface area contributed by atoms with Crippen LogP contribution in [0.4, 0.5) is 0 Å². The monoisotopic (exact) mass is 242 g/mol. The Balaban J connectivity index is 2.24. The quantitative estimate of drug-likeness (QED) is 0.742. The zero-order valence-electron chi connectivity index (χ0n) is 7.25. The molecule has 0 unspecified atom stereocenters. The summed E-state index contributed by atoms with van der Waals surface area (Å²) in [5.41, 5.74) is 1.28. The Bertz CT molecular complexity index is 299. The lowest BCUT2D eigenvalue weighted by Gasteiger charge is -2.18. The molecule has 0 saturated heterocycles. The van der Waals surface area contributed by atoms with Gasteiger partial charge in [-0.3, -0.25) is 0 Å². The van der Waals surface area contributed by atoms with Crippen molar-refractivity contribution in [3.8, 4) is 11.5 Å². The molecule has 1 aromatic rings. The number of fused-ring (bicyclic) bond motifs is 1. The van der Waals surface area contributed by atoms with Crippen molar-refractivity contribution >= 4 is 15.9 Å². The smallest absolute Gasteiger partial charge is 0.161 e. The highest BCUT2D eigenvalue weighted by atomic mass is 79.9. The number of aryl methyl sites for hydroxylation is 1. The molecule has 0 aromatic heterocycles. The van der Waals surface area contributed by atoms with Crippen LogP contribution in [0.2, 0.25) is 0 Å². The molecule has 0 N–H and O–H groups in total. The summed E-state index contributed by atoms with van der Waals surface area (Å²) < 4.78 is 10.9. The van der Waals surface area contributed by atoms with Crippen LogP contribution in [0.3, 0.4) is 0 Å². The summed E-state index contributed by atoms with van der Waals surface area (Å²) in [4.78, 5) is 0. The van der Waals surface area contributed by atoms with E-state index in [1.165, 1.54) is 5.56 Å². The van der Waals surface area contributed by atoms with E-state index >= 15 is 0 Å². The van der Waals surface area contributed by atoms with E-state index in [2.05, 4.69) is 28.1 Å². The maximum absolute atomic E-state index is 5.47. The average Bonchev–Trinajstić information content (AvgIpc) is 2.18. The zero-order valence-corrected chi connectivity index (χ0v) is 8.84. The van der Waals surface area contributed by atoms with Gasteiger partial charge in [0.15, 0.2) is 11.5 Å². The Morgan fingerprint density at radius 1 is 1.15 bits per heavy atom. The second-order valence-corrected chi connectivity index (χ2v) is 3.71. The van der Waals surface area contributed by atoms with Crippen molar-refractivity contribution in [1.82, 2.24) is 0 Å². The van der Waals surface area contributed by atoms with E-state index in [1.807, 2.05) is 6.07 Å². The Hall–Kier alpha value is -0.700. The zero-order chi connectivity index (χ0) is 9.10. The van der Waals surface area contributed by atoms with Crippen LogP contribution in [-0.2, 0) is 6.42 Å². The normalized spacial score (nSPS) is 14.2. The minimum atomic E-state index is 0.658. The summed E-state index contributed by atoms with van der Waals surface area (Å²) in [6, 6.07) is 6.11. The fourth-order valence-corrected chi connectivity index (χ4v) is 1.81. The summed E-state index contributed by atoms with van der Waals surface area (Å²) in [6.45, 7) is 1.32. The topological polar surface area (TPSA) is 18.5 Å². The van der Waals surface area contributed by atoms with Gasteiger partial charge in [0, 0.05) is 5.33 Å². The lowest BCUT2D eigenvalue weighted by atomic mass is 10.1. The number of alkyl halides is 1. The van der Waals surface area contributed by atoms with Gasteiger partial charge in [-0.1, -0.05) is 22.0 Å². The lowest BCUT2D eigenvalue weighted by molar-refractivity contribution is 0.171. The molecule has 1 aromatic carbocycles. The second-order valence-electron chi connectivity index (χ2n) is 2.92. The van der Waals surface area contributed by atoms with Crippen molar-refractivity contribution in [1.29, 1.82) is 0 Å². The molecule has 3 heteroatoms. The van der Waals surface area contributed by atoms with Crippen molar-refractivity contribution in [3.63, 3.8) is 0 Å². The van der Waals surface area contributed by atoms with Gasteiger partial charge in [-0.15, -0.1) is 0 Å². The van der Waals surface area contributed by atoms with E-state index in [0.717, 1.165) is 23.2 Å². The van der Waals surface area contributed by atoms with Gasteiger partial charge in [0.25, 0.3) is 0 Å². The van der Waals surface area contributed by atoms with Crippen LogP contribution in [0, 0.1) is 0 Å². The fourth-order valence-electron chi connectivity index (χ4n) is 1.35. The van der Waals surface area contributed by atoms with Crippen molar-refractivity contribution in [2.45, 2.75) is 6.42 Å². The predicted octanol–water partition coefficient (Wildman–Crippen LogP) is 2.40. The van der Waals surface area contributed by atoms with Gasteiger partial charge in [0.1, 0.15) is 13.2 Å². The number of hydrogen-bond donors (Lipinski definition) is 0. The Kier molecular flexibility index (Phi) is 2.74. The van der Waals surface area contributed by atoms with E-state index in [1.54, 1.807) is 0 Å². The Morgan fingerprint density at radius 2 is 1.92 bits per heavy atom. The summed E-state index contributed by atoms with van der Waals surface area (Å²) in [5, 5.41) is 0.979. The third kappa shape index (κ3) is 1.97. The van der Waals surface area contributed by atoms with Gasteiger partial charge in [0.05, 0.1) is 0 Å². The molecule has 0 amide bonds. The van der Waals surface area contributed by atoms with E-state index in [-0.39, 0.29) is 0 Å². The molecule has 13 heavy (non-hydrogen) atoms. The molecule has 1 aliphatic rings. The Morgan fingerprint density at radius 3 is 2.69 bits per heavy atom. The Labute approximate surface area is 86.0 Å². The van der Waals surface area contributed by atoms with Crippen LogP contribution in [0.25, 0.3) is 0 Å². The molecule has 0 atom stereocenters. The molecular formula is C10H11BrO2. The summed E-state index contributed by atoms with van der Waals surface area (Å²) in [6.07, 6.45) is 1.02. The number of halogens is 1. The minimum Gasteiger partial charge on any atom is -0.486 e. The van der Waals surface area contributed by atoms with Gasteiger partial charge in [-0.25, -0.2) is 0 Å². The third-order valence-electron chi connectivity index (χ3n) is 1.99. The summed E-state index contributed by atoms with van der Waals surface area (Å²) in [5.74, 6) is 1.74. The molecule has 1 aliphatic heterocycles. The first kappa shape index (κ1) is 8.88. The number of rotatable bonds is 2. The van der Waals surface area contributed by atoms with Crippen LogP contribution < -0.4 is 9.47 Å². The molecular weight excluding hydrogens is 232 g/mol. The number of benzene rings is 1. The largest absolute Gasteiger partial charge is 0.486 e. The molecule has 0 aliphatic carbocycles. The lowest BCUT2D eigenvalue weighted by Crippen LogP contribution is -2.15. The van der Waals surface area contributed by atoms with Crippen molar-refractivity contribution in [3.05, 3.63) is 23.8 Å². The highest BCUT2D eigenvalue weighted by molar-refractivity contribution is 9.09. The molecule has 0 bridgehead atoms. The first-order valence-electron chi connectivity index (χ1n) is 4.34. The van der Waals surface area contributed by atoms with Crippen molar-refractivity contribution < 1.29 is 9.47 Å². The highest BCUT2D eigenvalue weighted by Gasteiger charge is 2.10. The summed E-state index contributed by atoms with van der Waals surface area (Å²) >= 11 is 3.41. The van der Waals surface area contributed by atoms with Crippen LogP contribution in [0.5, 0.6) is 11.5 Å². The molecule has 2 rings (SSSR count). The van der Waals surface area contributed by atoms with E-state index in [0.29, 0.717) is 13.2 Å². The van der Waals surface area contributed by atoms with Crippen LogP contribution in [0.15, 0.2) is 18.2 Å². The molecule has 0 spiro atoms. The van der Waals surface area contributed by atoms with E-state index < -0.39 is 0 Å². The molecule has 0 saturated carbocycles. The van der Waals surface area contributed by atoms with E-state index in [4.69, 9.17) is 9.47 Å². The molecule has 0 fully saturated rings. The molecule has 0 radical (unpaired) electrons. The molecule has 1 heterocycles. The molecule has 2 nitrogen and oxygen atoms in total. The standard InChI is InChI=1S/C10H11BrO2/c11-4-3-8-1-2-9-10(7-8)13-6-5-12-9/h1-2,7H,3-6H2. The second kappa shape index (κ2) is 4.01. The van der Waals surface area contributed by atoms with Crippen LogP contribution in [0.1, 0.15) is 5.56 Å². The number of ether oxygens (including phenoxy) is 2. The fraction of sp³-hybridized carbons (Fsp3) is 0.400. The molecule has 70 valence electrons. The third-order valence-corrected chi connectivity index (χ3v) is 2.39. The minimum absolute atomic E-state index is 0.658. The van der Waals surface area contributed by atoms with Gasteiger partial charge < -0.3 is 9.47 Å². The van der Waals surface area contributed by atoms with Gasteiger partial charge >= 0.3 is 0 Å². The maximum atomic E-state index is 5.47. The first-order chi connectivity index (χ1) is 6.40. The predicted molar refractivity (Wildman–Crippen MR) is 54.9 cm³/mol. The maximum Gasteiger partial charge on any atom is 0.161 e. The van der Waals surface area contributed by atoms with Gasteiger partial charge in [-0.2, -0.15) is 0 Å². The average molecular weight is 243 g/mol. The van der Waals surface area contributed by atoms with Gasteiger partial charge in [-0.05, 0) is 24.1 Å². The van der Waals surface area contributed by atoms with Gasteiger partial charge in [0.2, 0.25) is 0 Å². The first-order valence-corrected chi connectivity index (χ1v) is 5.47. The highest BCUT2D eigenvalue weighted by Crippen LogP contribution is 2.30. The SMILES string of the molecule is BrCCc1ccc2c(c1)OCCO2. The van der Waals surface area contributed by atoms with Crippen molar-refractivity contribution in [2.75, 3.05) is 18.5 Å². The van der Waals surface area contributed by atoms with Crippen LogP contribution in [-0.4, -0.2) is 18.5 Å². The van der Waals surface area contributed by atoms with E-state index in [9.17, 15) is 0 Å².